The minimum atomic E-state index is 0.308. The quantitative estimate of drug-likeness (QED) is 0.898. The molecular weight excluding hydrogens is 298 g/mol. The first kappa shape index (κ1) is 14.6. The summed E-state index contributed by atoms with van der Waals surface area (Å²) in [5.74, 6) is 1.17. The number of furan rings is 1. The molecule has 0 radical (unpaired) electrons. The third kappa shape index (κ3) is 2.07. The van der Waals surface area contributed by atoms with Gasteiger partial charge in [-0.05, 0) is 67.5 Å². The SMILES string of the molecule is Oc1ccc2c(c1)[C@@]13CCCCC1[C@@H](C2)N(Cc1ccoc1)CC3. The summed E-state index contributed by atoms with van der Waals surface area (Å²) in [7, 11) is 0. The molecule has 126 valence electrons. The molecule has 0 spiro atoms. The molecule has 1 saturated heterocycles. The summed E-state index contributed by atoms with van der Waals surface area (Å²) in [6.45, 7) is 2.16. The standard InChI is InChI=1S/C21H25NO2/c23-17-5-4-16-11-20-18-3-1-2-7-21(18,19(16)12-17)8-9-22(20)13-15-6-10-24-14-15/h4-6,10,12,14,18,20,23H,1-3,7-9,11,13H2/t18?,20-,21-/m1/s1. The molecular formula is C21H25NO2. The van der Waals surface area contributed by atoms with Gasteiger partial charge in [0.05, 0.1) is 12.5 Å². The Morgan fingerprint density at radius 1 is 1.21 bits per heavy atom. The van der Waals surface area contributed by atoms with Crippen molar-refractivity contribution in [2.45, 2.75) is 56.5 Å². The molecule has 24 heavy (non-hydrogen) atoms. The second-order valence-corrected chi connectivity index (χ2v) is 7.97. The zero-order chi connectivity index (χ0) is 16.1. The van der Waals surface area contributed by atoms with Crippen molar-refractivity contribution in [2.24, 2.45) is 5.92 Å². The van der Waals surface area contributed by atoms with E-state index in [1.165, 1.54) is 48.8 Å². The molecule has 3 nitrogen and oxygen atoms in total. The van der Waals surface area contributed by atoms with E-state index < -0.39 is 0 Å². The number of aromatic hydroxyl groups is 1. The average molecular weight is 323 g/mol. The first-order valence-electron chi connectivity index (χ1n) is 9.34. The van der Waals surface area contributed by atoms with Crippen molar-refractivity contribution in [1.82, 2.24) is 4.90 Å². The molecule has 1 aromatic carbocycles. The smallest absolute Gasteiger partial charge is 0.115 e. The van der Waals surface area contributed by atoms with Gasteiger partial charge in [0.2, 0.25) is 0 Å². The van der Waals surface area contributed by atoms with Crippen molar-refractivity contribution < 1.29 is 9.52 Å². The van der Waals surface area contributed by atoms with Gasteiger partial charge < -0.3 is 9.52 Å². The van der Waals surface area contributed by atoms with E-state index in [4.69, 9.17) is 4.42 Å². The molecule has 2 bridgehead atoms. The highest BCUT2D eigenvalue weighted by atomic mass is 16.3. The van der Waals surface area contributed by atoms with E-state index in [-0.39, 0.29) is 0 Å². The Labute approximate surface area is 143 Å². The summed E-state index contributed by atoms with van der Waals surface area (Å²) in [5, 5.41) is 10.1. The average Bonchev–Trinajstić information content (AvgIpc) is 3.11. The molecule has 1 saturated carbocycles. The number of phenols is 1. The fraction of sp³-hybridized carbons (Fsp3) is 0.524. The number of rotatable bonds is 2. The van der Waals surface area contributed by atoms with Gasteiger partial charge in [0.1, 0.15) is 5.75 Å². The van der Waals surface area contributed by atoms with Crippen LogP contribution >= 0.6 is 0 Å². The van der Waals surface area contributed by atoms with Gasteiger partial charge in [-0.25, -0.2) is 0 Å². The fourth-order valence-corrected chi connectivity index (χ4v) is 5.89. The van der Waals surface area contributed by atoms with Crippen molar-refractivity contribution in [1.29, 1.82) is 0 Å². The molecule has 3 heteroatoms. The van der Waals surface area contributed by atoms with Crippen LogP contribution < -0.4 is 0 Å². The van der Waals surface area contributed by atoms with Crippen LogP contribution in [0.5, 0.6) is 5.75 Å². The third-order valence-corrected chi connectivity index (χ3v) is 6.90. The van der Waals surface area contributed by atoms with Gasteiger partial charge in [-0.15, -0.1) is 0 Å². The van der Waals surface area contributed by atoms with Crippen LogP contribution in [-0.2, 0) is 18.4 Å². The lowest BCUT2D eigenvalue weighted by atomic mass is 9.52. The second kappa shape index (κ2) is 5.38. The van der Waals surface area contributed by atoms with Crippen LogP contribution in [-0.4, -0.2) is 22.6 Å². The molecule has 3 atom stereocenters. The maximum absolute atomic E-state index is 10.1. The molecule has 5 rings (SSSR count). The number of nitrogens with zero attached hydrogens (tertiary/aromatic N) is 1. The van der Waals surface area contributed by atoms with Crippen LogP contribution in [0, 0.1) is 5.92 Å². The molecule has 0 amide bonds. The summed E-state index contributed by atoms with van der Waals surface area (Å²) in [4.78, 5) is 2.69. The highest BCUT2D eigenvalue weighted by Crippen LogP contribution is 2.56. The second-order valence-electron chi connectivity index (χ2n) is 7.97. The predicted molar refractivity (Wildman–Crippen MR) is 93.0 cm³/mol. The molecule has 2 heterocycles. The van der Waals surface area contributed by atoms with Gasteiger partial charge in [0, 0.05) is 23.6 Å². The largest absolute Gasteiger partial charge is 0.508 e. The molecule has 2 aliphatic carbocycles. The van der Waals surface area contributed by atoms with Crippen LogP contribution in [0.4, 0.5) is 0 Å². The third-order valence-electron chi connectivity index (χ3n) is 6.90. The Hall–Kier alpha value is -1.74. The molecule has 2 aromatic rings. The van der Waals surface area contributed by atoms with E-state index in [9.17, 15) is 5.11 Å². The molecule has 1 aromatic heterocycles. The Balaban J connectivity index is 1.56. The van der Waals surface area contributed by atoms with Crippen LogP contribution in [0.3, 0.4) is 0 Å². The van der Waals surface area contributed by atoms with Gasteiger partial charge >= 0.3 is 0 Å². The molecule has 2 fully saturated rings. The Kier molecular flexibility index (Phi) is 3.27. The lowest BCUT2D eigenvalue weighted by Gasteiger charge is -2.59. The summed E-state index contributed by atoms with van der Waals surface area (Å²) in [5.41, 5.74) is 4.52. The lowest BCUT2D eigenvalue weighted by molar-refractivity contribution is -0.0158. The summed E-state index contributed by atoms with van der Waals surface area (Å²) in [6.07, 6.45) is 11.3. The van der Waals surface area contributed by atoms with Crippen molar-refractivity contribution in [3.05, 3.63) is 53.5 Å². The topological polar surface area (TPSA) is 36.6 Å². The zero-order valence-electron chi connectivity index (χ0n) is 14.1. The molecule has 3 aliphatic rings. The summed E-state index contributed by atoms with van der Waals surface area (Å²) >= 11 is 0. The van der Waals surface area contributed by atoms with E-state index in [0.29, 0.717) is 17.2 Å². The number of hydrogen-bond donors (Lipinski definition) is 1. The number of benzene rings is 1. The predicted octanol–water partition coefficient (Wildman–Crippen LogP) is 4.24. The Morgan fingerprint density at radius 2 is 2.17 bits per heavy atom. The van der Waals surface area contributed by atoms with Gasteiger partial charge in [-0.1, -0.05) is 18.9 Å². The van der Waals surface area contributed by atoms with Gasteiger partial charge in [-0.3, -0.25) is 4.90 Å². The van der Waals surface area contributed by atoms with E-state index in [1.54, 1.807) is 6.26 Å². The number of phenolic OH excluding ortho intramolecular Hbond substituents is 1. The van der Waals surface area contributed by atoms with E-state index in [1.807, 2.05) is 12.3 Å². The van der Waals surface area contributed by atoms with Crippen LogP contribution in [0.2, 0.25) is 0 Å². The maximum atomic E-state index is 10.1. The van der Waals surface area contributed by atoms with Crippen molar-refractivity contribution in [3.8, 4) is 5.75 Å². The fourth-order valence-electron chi connectivity index (χ4n) is 5.89. The summed E-state index contributed by atoms with van der Waals surface area (Å²) in [6, 6.07) is 8.85. The van der Waals surface area contributed by atoms with E-state index in [0.717, 1.165) is 25.4 Å². The van der Waals surface area contributed by atoms with Crippen LogP contribution in [0.15, 0.2) is 41.2 Å². The maximum Gasteiger partial charge on any atom is 0.115 e. The number of hydrogen-bond acceptors (Lipinski definition) is 3. The van der Waals surface area contributed by atoms with Crippen LogP contribution in [0.1, 0.15) is 48.8 Å². The van der Waals surface area contributed by atoms with Crippen molar-refractivity contribution >= 4 is 0 Å². The monoisotopic (exact) mass is 323 g/mol. The van der Waals surface area contributed by atoms with Gasteiger partial charge in [0.15, 0.2) is 0 Å². The number of likely N-dealkylation sites (tertiary alicyclic amines) is 1. The van der Waals surface area contributed by atoms with Gasteiger partial charge in [-0.2, -0.15) is 0 Å². The van der Waals surface area contributed by atoms with Gasteiger partial charge in [0.25, 0.3) is 0 Å². The first-order chi connectivity index (χ1) is 11.8. The normalized spacial score (nSPS) is 32.2. The summed E-state index contributed by atoms with van der Waals surface area (Å²) < 4.78 is 5.28. The molecule has 1 aliphatic heterocycles. The minimum Gasteiger partial charge on any atom is -0.508 e. The molecule has 1 N–H and O–H groups in total. The van der Waals surface area contributed by atoms with Crippen LogP contribution in [0.25, 0.3) is 0 Å². The highest BCUT2D eigenvalue weighted by molar-refractivity contribution is 5.45. The highest BCUT2D eigenvalue weighted by Gasteiger charge is 2.53. The number of fused-ring (bicyclic) bond motifs is 1. The van der Waals surface area contributed by atoms with Crippen molar-refractivity contribution in [3.63, 3.8) is 0 Å². The van der Waals surface area contributed by atoms with E-state index >= 15 is 0 Å². The zero-order valence-corrected chi connectivity index (χ0v) is 14.1. The Bertz CT molecular complexity index is 738. The number of piperidine rings is 1. The van der Waals surface area contributed by atoms with E-state index in [2.05, 4.69) is 23.1 Å². The first-order valence-corrected chi connectivity index (χ1v) is 9.34. The van der Waals surface area contributed by atoms with Crippen molar-refractivity contribution in [2.75, 3.05) is 6.54 Å². The molecule has 1 unspecified atom stereocenters. The Morgan fingerprint density at radius 3 is 3.04 bits per heavy atom. The lowest BCUT2D eigenvalue weighted by Crippen LogP contribution is -2.60. The minimum absolute atomic E-state index is 0.308.